The lowest BCUT2D eigenvalue weighted by atomic mass is 10.1. The first kappa shape index (κ1) is 11.7. The second-order valence-corrected chi connectivity index (χ2v) is 4.19. The Hall–Kier alpha value is -1.74. The second-order valence-electron chi connectivity index (χ2n) is 4.19. The standard InChI is InChI=1S/C14H17N3/c1-11-4-3-5-13(8-11)9-15-10-14-6-7-16-12(2)17-14/h3-8,15H,9-10H2,1-2H3. The van der Waals surface area contributed by atoms with Crippen molar-refractivity contribution in [1.29, 1.82) is 0 Å². The molecule has 0 amide bonds. The topological polar surface area (TPSA) is 37.8 Å². The van der Waals surface area contributed by atoms with Crippen molar-refractivity contribution in [3.05, 3.63) is 59.2 Å². The molecule has 0 saturated carbocycles. The van der Waals surface area contributed by atoms with Crippen molar-refractivity contribution >= 4 is 0 Å². The molecular formula is C14H17N3. The first-order valence-electron chi connectivity index (χ1n) is 5.79. The highest BCUT2D eigenvalue weighted by molar-refractivity contribution is 5.22. The van der Waals surface area contributed by atoms with Gasteiger partial charge in [0.25, 0.3) is 0 Å². The third kappa shape index (κ3) is 3.64. The van der Waals surface area contributed by atoms with Gasteiger partial charge in [-0.05, 0) is 25.5 Å². The monoisotopic (exact) mass is 227 g/mol. The van der Waals surface area contributed by atoms with Crippen molar-refractivity contribution in [2.75, 3.05) is 0 Å². The van der Waals surface area contributed by atoms with Crippen LogP contribution in [0.5, 0.6) is 0 Å². The zero-order valence-electron chi connectivity index (χ0n) is 10.3. The van der Waals surface area contributed by atoms with E-state index in [-0.39, 0.29) is 0 Å². The van der Waals surface area contributed by atoms with Gasteiger partial charge >= 0.3 is 0 Å². The molecule has 0 aliphatic carbocycles. The molecule has 17 heavy (non-hydrogen) atoms. The second kappa shape index (κ2) is 5.55. The summed E-state index contributed by atoms with van der Waals surface area (Å²) >= 11 is 0. The maximum atomic E-state index is 4.35. The smallest absolute Gasteiger partial charge is 0.125 e. The Labute approximate surface area is 102 Å². The number of rotatable bonds is 4. The first-order valence-corrected chi connectivity index (χ1v) is 5.79. The number of nitrogens with zero attached hydrogens (tertiary/aromatic N) is 2. The van der Waals surface area contributed by atoms with E-state index in [1.807, 2.05) is 13.0 Å². The van der Waals surface area contributed by atoms with Crippen LogP contribution in [0.3, 0.4) is 0 Å². The van der Waals surface area contributed by atoms with Gasteiger partial charge in [-0.25, -0.2) is 9.97 Å². The van der Waals surface area contributed by atoms with E-state index >= 15 is 0 Å². The number of aryl methyl sites for hydroxylation is 2. The highest BCUT2D eigenvalue weighted by Gasteiger charge is 1.96. The van der Waals surface area contributed by atoms with Crippen LogP contribution >= 0.6 is 0 Å². The molecule has 2 rings (SSSR count). The minimum absolute atomic E-state index is 0.775. The van der Waals surface area contributed by atoms with Crippen LogP contribution in [0.15, 0.2) is 36.5 Å². The summed E-state index contributed by atoms with van der Waals surface area (Å²) in [5, 5.41) is 3.38. The number of hydrogen-bond donors (Lipinski definition) is 1. The van der Waals surface area contributed by atoms with Crippen LogP contribution in [0, 0.1) is 13.8 Å². The van der Waals surface area contributed by atoms with Gasteiger partial charge in [0.05, 0.1) is 5.69 Å². The maximum absolute atomic E-state index is 4.35. The van der Waals surface area contributed by atoms with Gasteiger partial charge in [0.2, 0.25) is 0 Å². The van der Waals surface area contributed by atoms with Gasteiger partial charge < -0.3 is 5.32 Å². The lowest BCUT2D eigenvalue weighted by Crippen LogP contribution is -2.14. The molecule has 0 fully saturated rings. The van der Waals surface area contributed by atoms with Gasteiger partial charge in [-0.15, -0.1) is 0 Å². The van der Waals surface area contributed by atoms with E-state index in [4.69, 9.17) is 0 Å². The van der Waals surface area contributed by atoms with E-state index in [1.165, 1.54) is 11.1 Å². The quantitative estimate of drug-likeness (QED) is 0.871. The Kier molecular flexibility index (Phi) is 3.83. The molecule has 0 atom stereocenters. The van der Waals surface area contributed by atoms with Gasteiger partial charge in [-0.1, -0.05) is 29.8 Å². The Morgan fingerprint density at radius 1 is 1.12 bits per heavy atom. The molecular weight excluding hydrogens is 210 g/mol. The van der Waals surface area contributed by atoms with E-state index in [9.17, 15) is 0 Å². The zero-order valence-corrected chi connectivity index (χ0v) is 10.3. The van der Waals surface area contributed by atoms with Crippen LogP contribution in [-0.2, 0) is 13.1 Å². The van der Waals surface area contributed by atoms with Crippen LogP contribution in [0.2, 0.25) is 0 Å². The summed E-state index contributed by atoms with van der Waals surface area (Å²) in [6.07, 6.45) is 1.80. The highest BCUT2D eigenvalue weighted by Crippen LogP contribution is 2.03. The molecule has 0 radical (unpaired) electrons. The normalized spacial score (nSPS) is 10.5. The van der Waals surface area contributed by atoms with Crippen molar-refractivity contribution in [3.8, 4) is 0 Å². The molecule has 0 unspecified atom stereocenters. The van der Waals surface area contributed by atoms with Gasteiger partial charge in [0.1, 0.15) is 5.82 Å². The van der Waals surface area contributed by atoms with Crippen LogP contribution < -0.4 is 5.32 Å². The summed E-state index contributed by atoms with van der Waals surface area (Å²) in [4.78, 5) is 8.43. The average molecular weight is 227 g/mol. The number of hydrogen-bond acceptors (Lipinski definition) is 3. The highest BCUT2D eigenvalue weighted by atomic mass is 14.9. The first-order chi connectivity index (χ1) is 8.24. The van der Waals surface area contributed by atoms with Gasteiger partial charge in [0.15, 0.2) is 0 Å². The molecule has 0 saturated heterocycles. The van der Waals surface area contributed by atoms with Crippen molar-refractivity contribution in [3.63, 3.8) is 0 Å². The van der Waals surface area contributed by atoms with Crippen molar-refractivity contribution < 1.29 is 0 Å². The van der Waals surface area contributed by atoms with Crippen LogP contribution in [0.4, 0.5) is 0 Å². The molecule has 1 aromatic heterocycles. The van der Waals surface area contributed by atoms with E-state index in [0.717, 1.165) is 24.6 Å². The number of aromatic nitrogens is 2. The van der Waals surface area contributed by atoms with Gasteiger partial charge in [-0.3, -0.25) is 0 Å². The molecule has 88 valence electrons. The molecule has 0 spiro atoms. The fraction of sp³-hybridized carbons (Fsp3) is 0.286. The summed E-state index contributed by atoms with van der Waals surface area (Å²) in [6, 6.07) is 10.5. The Bertz CT molecular complexity index is 449. The summed E-state index contributed by atoms with van der Waals surface area (Å²) in [7, 11) is 0. The van der Waals surface area contributed by atoms with Crippen LogP contribution in [0.25, 0.3) is 0 Å². The van der Waals surface area contributed by atoms with E-state index in [2.05, 4.69) is 46.5 Å². The van der Waals surface area contributed by atoms with E-state index in [0.29, 0.717) is 0 Å². The fourth-order valence-corrected chi connectivity index (χ4v) is 1.76. The molecule has 0 bridgehead atoms. The van der Waals surface area contributed by atoms with Crippen molar-refractivity contribution in [2.24, 2.45) is 0 Å². The van der Waals surface area contributed by atoms with E-state index < -0.39 is 0 Å². The maximum Gasteiger partial charge on any atom is 0.125 e. The SMILES string of the molecule is Cc1cccc(CNCc2ccnc(C)n2)c1. The number of nitrogens with one attached hydrogen (secondary N) is 1. The zero-order chi connectivity index (χ0) is 12.1. The van der Waals surface area contributed by atoms with Gasteiger partial charge in [0, 0.05) is 19.3 Å². The Morgan fingerprint density at radius 2 is 2.00 bits per heavy atom. The number of benzene rings is 1. The average Bonchev–Trinajstić information content (AvgIpc) is 2.29. The Balaban J connectivity index is 1.87. The van der Waals surface area contributed by atoms with Gasteiger partial charge in [-0.2, -0.15) is 0 Å². The lowest BCUT2D eigenvalue weighted by Gasteiger charge is -2.05. The predicted molar refractivity (Wildman–Crippen MR) is 68.5 cm³/mol. The third-order valence-electron chi connectivity index (χ3n) is 2.55. The molecule has 3 heteroatoms. The van der Waals surface area contributed by atoms with E-state index in [1.54, 1.807) is 6.20 Å². The summed E-state index contributed by atoms with van der Waals surface area (Å²) in [5.41, 5.74) is 3.63. The summed E-state index contributed by atoms with van der Waals surface area (Å²) in [6.45, 7) is 5.66. The predicted octanol–water partition coefficient (Wildman–Crippen LogP) is 2.38. The largest absolute Gasteiger partial charge is 0.307 e. The molecule has 3 nitrogen and oxygen atoms in total. The Morgan fingerprint density at radius 3 is 2.76 bits per heavy atom. The molecule has 1 aromatic carbocycles. The summed E-state index contributed by atoms with van der Waals surface area (Å²) < 4.78 is 0. The summed E-state index contributed by atoms with van der Waals surface area (Å²) in [5.74, 6) is 0.819. The molecule has 2 aromatic rings. The van der Waals surface area contributed by atoms with Crippen LogP contribution in [-0.4, -0.2) is 9.97 Å². The third-order valence-corrected chi connectivity index (χ3v) is 2.55. The van der Waals surface area contributed by atoms with Crippen LogP contribution in [0.1, 0.15) is 22.6 Å². The van der Waals surface area contributed by atoms with Crippen molar-refractivity contribution in [2.45, 2.75) is 26.9 Å². The minimum atomic E-state index is 0.775. The lowest BCUT2D eigenvalue weighted by molar-refractivity contribution is 0.675. The fourth-order valence-electron chi connectivity index (χ4n) is 1.76. The minimum Gasteiger partial charge on any atom is -0.307 e. The molecule has 0 aliphatic heterocycles. The molecule has 1 heterocycles. The molecule has 1 N–H and O–H groups in total. The van der Waals surface area contributed by atoms with Crippen molar-refractivity contribution in [1.82, 2.24) is 15.3 Å². The molecule has 0 aliphatic rings.